The molecule has 1 aliphatic carbocycles. The molecule has 0 unspecified atom stereocenters. The molecule has 2 aromatic rings. The highest BCUT2D eigenvalue weighted by atomic mass is 16.2. The van der Waals surface area contributed by atoms with Gasteiger partial charge in [0, 0.05) is 6.20 Å². The van der Waals surface area contributed by atoms with Crippen LogP contribution in [0.25, 0.3) is 0 Å². The van der Waals surface area contributed by atoms with E-state index in [-0.39, 0.29) is 17.6 Å². The first-order chi connectivity index (χ1) is 10.1. The summed E-state index contributed by atoms with van der Waals surface area (Å²) in [6.45, 7) is 0. The van der Waals surface area contributed by atoms with Crippen LogP contribution in [0.4, 0.5) is 0 Å². The van der Waals surface area contributed by atoms with Crippen LogP contribution in [0, 0.1) is 0 Å². The summed E-state index contributed by atoms with van der Waals surface area (Å²) in [5.74, 6) is -0.766. The molecular formula is C16H17N3O2. The van der Waals surface area contributed by atoms with Crippen LogP contribution >= 0.6 is 0 Å². The lowest BCUT2D eigenvalue weighted by Gasteiger charge is -2.26. The first kappa shape index (κ1) is 13.4. The third-order valence-corrected chi connectivity index (χ3v) is 3.89. The van der Waals surface area contributed by atoms with Gasteiger partial charge in [-0.25, -0.2) is 0 Å². The number of rotatable bonds is 3. The number of amides is 2. The molecule has 0 saturated carbocycles. The van der Waals surface area contributed by atoms with Gasteiger partial charge in [0.05, 0.1) is 11.6 Å². The Bertz CT molecular complexity index is 690. The molecular weight excluding hydrogens is 266 g/mol. The van der Waals surface area contributed by atoms with Crippen LogP contribution in [-0.4, -0.2) is 16.8 Å². The fourth-order valence-electron chi connectivity index (χ4n) is 2.81. The summed E-state index contributed by atoms with van der Waals surface area (Å²) in [4.78, 5) is 26.0. The molecule has 0 saturated heterocycles. The maximum atomic E-state index is 12.3. The lowest BCUT2D eigenvalue weighted by atomic mass is 9.87. The van der Waals surface area contributed by atoms with E-state index in [1.54, 1.807) is 0 Å². The second-order valence-corrected chi connectivity index (χ2v) is 5.28. The molecule has 0 spiro atoms. The lowest BCUT2D eigenvalue weighted by Crippen LogP contribution is -2.30. The van der Waals surface area contributed by atoms with Crippen molar-refractivity contribution in [1.29, 1.82) is 0 Å². The minimum absolute atomic E-state index is 0.0226. The summed E-state index contributed by atoms with van der Waals surface area (Å²) >= 11 is 0. The molecule has 0 fully saturated rings. The predicted molar refractivity (Wildman–Crippen MR) is 78.9 cm³/mol. The Morgan fingerprint density at radius 1 is 1.29 bits per heavy atom. The Labute approximate surface area is 122 Å². The van der Waals surface area contributed by atoms with Crippen molar-refractivity contribution < 1.29 is 9.59 Å². The van der Waals surface area contributed by atoms with Crippen molar-refractivity contribution in [3.63, 3.8) is 0 Å². The zero-order valence-corrected chi connectivity index (χ0v) is 11.6. The van der Waals surface area contributed by atoms with Gasteiger partial charge in [-0.2, -0.15) is 0 Å². The van der Waals surface area contributed by atoms with E-state index in [0.717, 1.165) is 19.3 Å². The number of aromatic amines is 1. The van der Waals surface area contributed by atoms with Crippen molar-refractivity contribution in [3.8, 4) is 0 Å². The molecule has 1 aromatic carbocycles. The molecule has 0 aliphatic heterocycles. The van der Waals surface area contributed by atoms with Crippen molar-refractivity contribution in [2.75, 3.05) is 0 Å². The molecule has 5 heteroatoms. The van der Waals surface area contributed by atoms with Crippen molar-refractivity contribution in [2.24, 2.45) is 5.73 Å². The topological polar surface area (TPSA) is 88.0 Å². The number of nitrogens with two attached hydrogens (primary N) is 1. The second-order valence-electron chi connectivity index (χ2n) is 5.28. The monoisotopic (exact) mass is 283 g/mol. The van der Waals surface area contributed by atoms with E-state index in [4.69, 9.17) is 5.73 Å². The Morgan fingerprint density at radius 3 is 2.86 bits per heavy atom. The number of aryl methyl sites for hydroxylation is 1. The van der Waals surface area contributed by atoms with Crippen LogP contribution in [0.15, 0.2) is 36.5 Å². The van der Waals surface area contributed by atoms with Crippen molar-refractivity contribution >= 4 is 11.8 Å². The average Bonchev–Trinajstić information content (AvgIpc) is 2.98. The van der Waals surface area contributed by atoms with Gasteiger partial charge in [-0.3, -0.25) is 9.59 Å². The van der Waals surface area contributed by atoms with E-state index in [9.17, 15) is 9.59 Å². The summed E-state index contributed by atoms with van der Waals surface area (Å²) in [6, 6.07) is 9.68. The molecule has 4 N–H and O–H groups in total. The Kier molecular flexibility index (Phi) is 3.48. The Balaban J connectivity index is 1.77. The summed E-state index contributed by atoms with van der Waals surface area (Å²) in [5.41, 5.74) is 8.31. The number of hydrogen-bond donors (Lipinski definition) is 3. The fraction of sp³-hybridized carbons (Fsp3) is 0.250. The number of hydrogen-bond acceptors (Lipinski definition) is 2. The van der Waals surface area contributed by atoms with Gasteiger partial charge in [-0.15, -0.1) is 0 Å². The van der Waals surface area contributed by atoms with Crippen LogP contribution in [0.2, 0.25) is 0 Å². The highest BCUT2D eigenvalue weighted by Gasteiger charge is 2.22. The minimum atomic E-state index is -0.572. The van der Waals surface area contributed by atoms with Crippen molar-refractivity contribution in [1.82, 2.24) is 10.3 Å². The van der Waals surface area contributed by atoms with Gasteiger partial charge in [-0.1, -0.05) is 24.3 Å². The van der Waals surface area contributed by atoms with E-state index < -0.39 is 5.91 Å². The zero-order valence-electron chi connectivity index (χ0n) is 11.6. The number of nitrogens with one attached hydrogen (secondary N) is 2. The van der Waals surface area contributed by atoms with E-state index in [2.05, 4.69) is 22.4 Å². The molecule has 2 amide bonds. The van der Waals surface area contributed by atoms with Gasteiger partial charge in [0.2, 0.25) is 0 Å². The number of fused-ring (bicyclic) bond motifs is 1. The van der Waals surface area contributed by atoms with E-state index >= 15 is 0 Å². The standard InChI is InChI=1S/C16H17N3O2/c17-15(20)14-8-11(9-18-14)16(21)19-13-7-3-5-10-4-1-2-6-12(10)13/h1-2,4,6,8-9,13,18H,3,5,7H2,(H2,17,20)(H,19,21)/t13-/m1/s1. The third-order valence-electron chi connectivity index (χ3n) is 3.89. The largest absolute Gasteiger partial charge is 0.364 e. The molecule has 3 rings (SSSR count). The molecule has 108 valence electrons. The number of carbonyl (C=O) groups is 2. The number of aromatic nitrogens is 1. The van der Waals surface area contributed by atoms with Gasteiger partial charge in [0.15, 0.2) is 0 Å². The molecule has 0 bridgehead atoms. The van der Waals surface area contributed by atoms with Gasteiger partial charge in [0.1, 0.15) is 5.69 Å². The molecule has 1 heterocycles. The molecule has 1 aliphatic rings. The highest BCUT2D eigenvalue weighted by Crippen LogP contribution is 2.29. The summed E-state index contributed by atoms with van der Waals surface area (Å²) in [6.07, 6.45) is 4.54. The van der Waals surface area contributed by atoms with Gasteiger partial charge in [0.25, 0.3) is 11.8 Å². The molecule has 1 aromatic heterocycles. The van der Waals surface area contributed by atoms with Gasteiger partial charge in [-0.05, 0) is 36.5 Å². The van der Waals surface area contributed by atoms with Crippen molar-refractivity contribution in [2.45, 2.75) is 25.3 Å². The minimum Gasteiger partial charge on any atom is -0.364 e. The number of H-pyrrole nitrogens is 1. The SMILES string of the molecule is NC(=O)c1cc(C(=O)N[C@@H]2CCCc3ccccc32)c[nH]1. The first-order valence-electron chi connectivity index (χ1n) is 7.02. The number of benzene rings is 1. The summed E-state index contributed by atoms with van der Waals surface area (Å²) < 4.78 is 0. The van der Waals surface area contributed by atoms with Crippen LogP contribution in [0.1, 0.15) is 50.9 Å². The molecule has 1 atom stereocenters. The lowest BCUT2D eigenvalue weighted by molar-refractivity contribution is 0.0932. The third kappa shape index (κ3) is 2.67. The average molecular weight is 283 g/mol. The van der Waals surface area contributed by atoms with E-state index in [1.165, 1.54) is 23.4 Å². The highest BCUT2D eigenvalue weighted by molar-refractivity contribution is 5.98. The van der Waals surface area contributed by atoms with Crippen LogP contribution < -0.4 is 11.1 Å². The quantitative estimate of drug-likeness (QED) is 0.803. The zero-order chi connectivity index (χ0) is 14.8. The van der Waals surface area contributed by atoms with E-state index in [0.29, 0.717) is 5.56 Å². The maximum absolute atomic E-state index is 12.3. The molecule has 5 nitrogen and oxygen atoms in total. The van der Waals surface area contributed by atoms with Crippen LogP contribution in [-0.2, 0) is 6.42 Å². The van der Waals surface area contributed by atoms with Crippen molar-refractivity contribution in [3.05, 3.63) is 58.9 Å². The Hall–Kier alpha value is -2.56. The van der Waals surface area contributed by atoms with Crippen LogP contribution in [0.3, 0.4) is 0 Å². The second kappa shape index (κ2) is 5.44. The normalized spacial score (nSPS) is 17.0. The maximum Gasteiger partial charge on any atom is 0.265 e. The van der Waals surface area contributed by atoms with Crippen LogP contribution in [0.5, 0.6) is 0 Å². The Morgan fingerprint density at radius 2 is 2.10 bits per heavy atom. The summed E-state index contributed by atoms with van der Waals surface area (Å²) in [5, 5.41) is 3.03. The molecule has 0 radical (unpaired) electrons. The number of primary amides is 1. The predicted octanol–water partition coefficient (Wildman–Crippen LogP) is 1.92. The smallest absolute Gasteiger partial charge is 0.265 e. The van der Waals surface area contributed by atoms with E-state index in [1.807, 2.05) is 12.1 Å². The fourth-order valence-corrected chi connectivity index (χ4v) is 2.81. The molecule has 21 heavy (non-hydrogen) atoms. The van der Waals surface area contributed by atoms with Gasteiger partial charge < -0.3 is 16.0 Å². The first-order valence-corrected chi connectivity index (χ1v) is 7.02. The van der Waals surface area contributed by atoms with Gasteiger partial charge >= 0.3 is 0 Å². The number of carbonyl (C=O) groups excluding carboxylic acids is 2. The summed E-state index contributed by atoms with van der Waals surface area (Å²) in [7, 11) is 0.